The van der Waals surface area contributed by atoms with Crippen LogP contribution in [0.3, 0.4) is 0 Å². The largest absolute Gasteiger partial charge is 0.352 e. The molecule has 94 valence electrons. The fourth-order valence-corrected chi connectivity index (χ4v) is 1.27. The van der Waals surface area contributed by atoms with Gasteiger partial charge in [0.25, 0.3) is 0 Å². The molecule has 1 fully saturated rings. The number of nitrogens with one attached hydrogen (secondary N) is 2. The molecule has 1 amide bonds. The van der Waals surface area contributed by atoms with Gasteiger partial charge in [-0.25, -0.2) is 0 Å². The van der Waals surface area contributed by atoms with E-state index < -0.39 is 0 Å². The molecule has 3 nitrogen and oxygen atoms in total. The van der Waals surface area contributed by atoms with Crippen LogP contribution < -0.4 is 10.6 Å². The summed E-state index contributed by atoms with van der Waals surface area (Å²) >= 11 is 0. The Bertz CT molecular complexity index is 244. The second kappa shape index (κ2) is 5.17. The predicted octanol–water partition coefficient (Wildman–Crippen LogP) is 1.93. The third kappa shape index (κ3) is 4.12. The van der Waals surface area contributed by atoms with Gasteiger partial charge in [0.15, 0.2) is 0 Å². The summed E-state index contributed by atoms with van der Waals surface area (Å²) in [4.78, 5) is 11.7. The molecular formula is C13H26N2O. The summed E-state index contributed by atoms with van der Waals surface area (Å²) in [6.07, 6.45) is 2.30. The van der Waals surface area contributed by atoms with E-state index in [1.54, 1.807) is 0 Å². The minimum Gasteiger partial charge on any atom is -0.352 e. The minimum atomic E-state index is -0.0846. The zero-order chi connectivity index (χ0) is 12.3. The lowest BCUT2D eigenvalue weighted by molar-refractivity contribution is -0.123. The quantitative estimate of drug-likeness (QED) is 0.726. The maximum absolute atomic E-state index is 11.7. The third-order valence-electron chi connectivity index (χ3n) is 3.74. The fraction of sp³-hybridized carbons (Fsp3) is 0.923. The van der Waals surface area contributed by atoms with Crippen LogP contribution in [0.2, 0.25) is 0 Å². The number of hydrogen-bond donors (Lipinski definition) is 2. The highest BCUT2D eigenvalue weighted by atomic mass is 16.2. The molecule has 1 saturated carbocycles. The Morgan fingerprint density at radius 2 is 1.88 bits per heavy atom. The second-order valence-corrected chi connectivity index (χ2v) is 6.03. The minimum absolute atomic E-state index is 0.0846. The van der Waals surface area contributed by atoms with Crippen molar-refractivity contribution in [1.29, 1.82) is 0 Å². The van der Waals surface area contributed by atoms with E-state index in [0.717, 1.165) is 19.4 Å². The molecule has 0 aromatic rings. The molecule has 0 bridgehead atoms. The highest BCUT2D eigenvalue weighted by molar-refractivity contribution is 5.81. The van der Waals surface area contributed by atoms with E-state index in [2.05, 4.69) is 38.3 Å². The Morgan fingerprint density at radius 3 is 2.31 bits per heavy atom. The van der Waals surface area contributed by atoms with Gasteiger partial charge in [-0.3, -0.25) is 4.79 Å². The average Bonchev–Trinajstić information content (AvgIpc) is 2.97. The van der Waals surface area contributed by atoms with Crippen LogP contribution in [-0.2, 0) is 4.79 Å². The van der Waals surface area contributed by atoms with Crippen molar-refractivity contribution in [2.45, 2.75) is 59.5 Å². The van der Waals surface area contributed by atoms with Crippen LogP contribution >= 0.6 is 0 Å². The van der Waals surface area contributed by atoms with Crippen molar-refractivity contribution in [2.24, 2.45) is 11.3 Å². The summed E-state index contributed by atoms with van der Waals surface area (Å²) < 4.78 is 0. The summed E-state index contributed by atoms with van der Waals surface area (Å²) in [6.45, 7) is 11.7. The number of rotatable bonds is 6. The van der Waals surface area contributed by atoms with Gasteiger partial charge in [0.2, 0.25) is 5.91 Å². The Labute approximate surface area is 99.4 Å². The summed E-state index contributed by atoms with van der Waals surface area (Å²) in [5.74, 6) is 0.751. The normalized spacial score (nSPS) is 18.6. The van der Waals surface area contributed by atoms with Crippen LogP contribution in [0.1, 0.15) is 47.5 Å². The zero-order valence-electron chi connectivity index (χ0n) is 11.3. The summed E-state index contributed by atoms with van der Waals surface area (Å²) in [7, 11) is 0. The monoisotopic (exact) mass is 226 g/mol. The van der Waals surface area contributed by atoms with Crippen molar-refractivity contribution >= 4 is 5.91 Å². The van der Waals surface area contributed by atoms with E-state index >= 15 is 0 Å². The highest BCUT2D eigenvalue weighted by Crippen LogP contribution is 2.24. The molecule has 0 aliphatic heterocycles. The third-order valence-corrected chi connectivity index (χ3v) is 3.74. The Kier molecular flexibility index (Phi) is 4.36. The van der Waals surface area contributed by atoms with Crippen molar-refractivity contribution in [1.82, 2.24) is 10.6 Å². The van der Waals surface area contributed by atoms with E-state index in [1.165, 1.54) is 0 Å². The molecule has 1 rings (SSSR count). The SMILES string of the molecule is CC(NCC(C)(C)C(C)C)C(=O)NC1CC1. The van der Waals surface area contributed by atoms with Gasteiger partial charge in [0.05, 0.1) is 6.04 Å². The molecule has 1 aliphatic rings. The standard InChI is InChI=1S/C13H26N2O/c1-9(2)13(4,5)8-14-10(3)12(16)15-11-6-7-11/h9-11,14H,6-8H2,1-5H3,(H,15,16). The van der Waals surface area contributed by atoms with E-state index in [9.17, 15) is 4.79 Å². The molecule has 1 aliphatic carbocycles. The van der Waals surface area contributed by atoms with Crippen molar-refractivity contribution < 1.29 is 4.79 Å². The molecule has 0 saturated heterocycles. The van der Waals surface area contributed by atoms with Gasteiger partial charge in [-0.1, -0.05) is 27.7 Å². The lowest BCUT2D eigenvalue weighted by Gasteiger charge is -2.30. The van der Waals surface area contributed by atoms with Gasteiger partial charge in [-0.05, 0) is 31.1 Å². The number of amides is 1. The van der Waals surface area contributed by atoms with Gasteiger partial charge in [0.1, 0.15) is 0 Å². The molecule has 16 heavy (non-hydrogen) atoms. The second-order valence-electron chi connectivity index (χ2n) is 6.03. The smallest absolute Gasteiger partial charge is 0.237 e. The van der Waals surface area contributed by atoms with Crippen LogP contribution in [0.4, 0.5) is 0 Å². The van der Waals surface area contributed by atoms with Crippen LogP contribution in [0.5, 0.6) is 0 Å². The van der Waals surface area contributed by atoms with Crippen molar-refractivity contribution in [2.75, 3.05) is 6.54 Å². The molecule has 3 heteroatoms. The Balaban J connectivity index is 2.27. The van der Waals surface area contributed by atoms with Crippen LogP contribution in [-0.4, -0.2) is 24.5 Å². The van der Waals surface area contributed by atoms with Crippen molar-refractivity contribution in [3.8, 4) is 0 Å². The average molecular weight is 226 g/mol. The predicted molar refractivity (Wildman–Crippen MR) is 67.2 cm³/mol. The molecule has 0 spiro atoms. The molecule has 0 aromatic carbocycles. The zero-order valence-corrected chi connectivity index (χ0v) is 11.3. The van der Waals surface area contributed by atoms with Crippen molar-refractivity contribution in [3.05, 3.63) is 0 Å². The van der Waals surface area contributed by atoms with E-state index in [4.69, 9.17) is 0 Å². The van der Waals surface area contributed by atoms with E-state index in [-0.39, 0.29) is 17.4 Å². The van der Waals surface area contributed by atoms with Crippen molar-refractivity contribution in [3.63, 3.8) is 0 Å². The van der Waals surface area contributed by atoms with Crippen LogP contribution in [0.15, 0.2) is 0 Å². The van der Waals surface area contributed by atoms with Crippen LogP contribution in [0, 0.1) is 11.3 Å². The number of carbonyl (C=O) groups is 1. The molecule has 2 N–H and O–H groups in total. The Morgan fingerprint density at radius 1 is 1.31 bits per heavy atom. The van der Waals surface area contributed by atoms with Gasteiger partial charge < -0.3 is 10.6 Å². The summed E-state index contributed by atoms with van der Waals surface area (Å²) in [5, 5.41) is 6.34. The molecule has 0 radical (unpaired) electrons. The fourth-order valence-electron chi connectivity index (χ4n) is 1.27. The number of hydrogen-bond acceptors (Lipinski definition) is 2. The Hall–Kier alpha value is -0.570. The molecule has 1 atom stereocenters. The first-order valence-electron chi connectivity index (χ1n) is 6.36. The lowest BCUT2D eigenvalue weighted by Crippen LogP contribution is -2.46. The van der Waals surface area contributed by atoms with Crippen LogP contribution in [0.25, 0.3) is 0 Å². The first-order valence-corrected chi connectivity index (χ1v) is 6.36. The van der Waals surface area contributed by atoms with E-state index in [0.29, 0.717) is 12.0 Å². The number of carbonyl (C=O) groups excluding carboxylic acids is 1. The highest BCUT2D eigenvalue weighted by Gasteiger charge is 2.27. The van der Waals surface area contributed by atoms with E-state index in [1.807, 2.05) is 6.92 Å². The van der Waals surface area contributed by atoms with Gasteiger partial charge in [-0.2, -0.15) is 0 Å². The maximum Gasteiger partial charge on any atom is 0.237 e. The topological polar surface area (TPSA) is 41.1 Å². The van der Waals surface area contributed by atoms with Gasteiger partial charge in [-0.15, -0.1) is 0 Å². The molecule has 0 heterocycles. The first kappa shape index (κ1) is 13.5. The summed E-state index contributed by atoms with van der Waals surface area (Å²) in [6, 6.07) is 0.369. The molecular weight excluding hydrogens is 200 g/mol. The maximum atomic E-state index is 11.7. The molecule has 1 unspecified atom stereocenters. The first-order chi connectivity index (χ1) is 7.33. The summed E-state index contributed by atoms with van der Waals surface area (Å²) in [5.41, 5.74) is 0.230. The van der Waals surface area contributed by atoms with Gasteiger partial charge >= 0.3 is 0 Å². The van der Waals surface area contributed by atoms with Gasteiger partial charge in [0, 0.05) is 12.6 Å². The lowest BCUT2D eigenvalue weighted by atomic mass is 9.81. The molecule has 0 aromatic heterocycles.